The lowest BCUT2D eigenvalue weighted by Gasteiger charge is -2.24. The first-order chi connectivity index (χ1) is 10.2. The molecule has 0 aromatic carbocycles. The predicted octanol–water partition coefficient (Wildman–Crippen LogP) is 4.19. The summed E-state index contributed by atoms with van der Waals surface area (Å²) in [5, 5.41) is 2.05. The van der Waals surface area contributed by atoms with Gasteiger partial charge in [-0.3, -0.25) is 4.79 Å². The van der Waals surface area contributed by atoms with Gasteiger partial charge >= 0.3 is 0 Å². The van der Waals surface area contributed by atoms with Crippen LogP contribution < -0.4 is 0 Å². The van der Waals surface area contributed by atoms with Crippen LogP contribution in [-0.4, -0.2) is 25.2 Å². The topological polar surface area (TPSA) is 51.2 Å². The summed E-state index contributed by atoms with van der Waals surface area (Å²) in [5.74, 6) is -0.277. The highest BCUT2D eigenvalue weighted by atomic mass is 32.2. The molecule has 0 N–H and O–H groups in total. The van der Waals surface area contributed by atoms with Crippen LogP contribution in [0.1, 0.15) is 31.6 Å². The van der Waals surface area contributed by atoms with E-state index in [1.165, 1.54) is 28.5 Å². The van der Waals surface area contributed by atoms with Gasteiger partial charge in [-0.15, -0.1) is 22.7 Å². The summed E-state index contributed by atoms with van der Waals surface area (Å²) < 4.78 is 22.5. The Labute approximate surface area is 139 Å². The first-order valence-electron chi connectivity index (χ1n) is 7.07. The van der Waals surface area contributed by atoms with Gasteiger partial charge < -0.3 is 0 Å². The van der Waals surface area contributed by atoms with Gasteiger partial charge in [-0.1, -0.05) is 6.07 Å². The van der Waals surface area contributed by atoms with Crippen LogP contribution >= 0.6 is 22.7 Å². The molecule has 0 aliphatic rings. The van der Waals surface area contributed by atoms with E-state index in [0.717, 1.165) is 12.7 Å². The van der Waals surface area contributed by atoms with E-state index in [2.05, 4.69) is 23.6 Å². The van der Waals surface area contributed by atoms with Gasteiger partial charge in [0, 0.05) is 20.9 Å². The van der Waals surface area contributed by atoms with Gasteiger partial charge in [-0.25, -0.2) is 8.42 Å². The third kappa shape index (κ3) is 3.67. The number of thiophene rings is 2. The molecular weight excluding hydrogens is 336 g/mol. The van der Waals surface area contributed by atoms with E-state index in [-0.39, 0.29) is 5.78 Å². The van der Waals surface area contributed by atoms with Gasteiger partial charge in [-0.05, 0) is 56.7 Å². The quantitative estimate of drug-likeness (QED) is 0.747. The molecular formula is C16H20O3S3. The molecule has 0 bridgehead atoms. The van der Waals surface area contributed by atoms with E-state index in [1.807, 2.05) is 6.07 Å². The Kier molecular flexibility index (Phi) is 5.25. The average Bonchev–Trinajstić information content (AvgIpc) is 3.07. The van der Waals surface area contributed by atoms with Crippen molar-refractivity contribution in [3.63, 3.8) is 0 Å². The molecule has 2 aromatic heterocycles. The van der Waals surface area contributed by atoms with Crippen LogP contribution in [0, 0.1) is 0 Å². The van der Waals surface area contributed by atoms with Crippen molar-refractivity contribution >= 4 is 38.3 Å². The van der Waals surface area contributed by atoms with Crippen molar-refractivity contribution in [3.05, 3.63) is 34.5 Å². The third-order valence-electron chi connectivity index (χ3n) is 4.07. The van der Waals surface area contributed by atoms with Gasteiger partial charge in [0.2, 0.25) is 0 Å². The molecule has 120 valence electrons. The number of hydrogen-bond donors (Lipinski definition) is 0. The summed E-state index contributed by atoms with van der Waals surface area (Å²) in [5.41, 5.74) is 0. The first-order valence-corrected chi connectivity index (χ1v) is 10.7. The third-order valence-corrected chi connectivity index (χ3v) is 8.40. The highest BCUT2D eigenvalue weighted by Crippen LogP contribution is 2.33. The lowest BCUT2D eigenvalue weighted by molar-refractivity contribution is -0.119. The standard InChI is InChI=1S/C16H20O3S3/c1-12(17)16(2,22(3,18)19)10-4-6-13-8-9-15(21-13)14-7-5-11-20-14/h5,7-9,11H,4,6,10H2,1-3H3. The summed E-state index contributed by atoms with van der Waals surface area (Å²) in [7, 11) is -3.39. The lowest BCUT2D eigenvalue weighted by Crippen LogP contribution is -2.41. The van der Waals surface area contributed by atoms with E-state index in [0.29, 0.717) is 12.8 Å². The van der Waals surface area contributed by atoms with Crippen LogP contribution in [0.15, 0.2) is 29.6 Å². The zero-order valence-corrected chi connectivity index (χ0v) is 15.4. The molecule has 0 amide bonds. The van der Waals surface area contributed by atoms with Crippen molar-refractivity contribution in [3.8, 4) is 9.75 Å². The van der Waals surface area contributed by atoms with Crippen LogP contribution in [-0.2, 0) is 21.1 Å². The zero-order valence-electron chi connectivity index (χ0n) is 13.0. The summed E-state index contributed by atoms with van der Waals surface area (Å²) in [6.07, 6.45) is 3.00. The molecule has 2 aromatic rings. The second kappa shape index (κ2) is 6.64. The van der Waals surface area contributed by atoms with E-state index in [4.69, 9.17) is 0 Å². The SMILES string of the molecule is CC(=O)C(C)(CCCc1ccc(-c2cccs2)s1)S(C)(=O)=O. The molecule has 2 rings (SSSR count). The predicted molar refractivity (Wildman–Crippen MR) is 94.5 cm³/mol. The number of aryl methyl sites for hydroxylation is 1. The number of carbonyl (C=O) groups excluding carboxylic acids is 1. The first kappa shape index (κ1) is 17.4. The average molecular weight is 357 g/mol. The molecule has 0 aliphatic carbocycles. The van der Waals surface area contributed by atoms with E-state index in [9.17, 15) is 13.2 Å². The molecule has 0 saturated carbocycles. The Morgan fingerprint density at radius 3 is 2.50 bits per heavy atom. The Bertz CT molecular complexity index is 741. The molecule has 2 heterocycles. The van der Waals surface area contributed by atoms with Gasteiger partial charge in [0.15, 0.2) is 15.6 Å². The van der Waals surface area contributed by atoms with Crippen LogP contribution in [0.5, 0.6) is 0 Å². The maximum Gasteiger partial charge on any atom is 0.159 e. The van der Waals surface area contributed by atoms with Crippen molar-refractivity contribution in [1.29, 1.82) is 0 Å². The second-order valence-electron chi connectivity index (χ2n) is 5.66. The van der Waals surface area contributed by atoms with Crippen molar-refractivity contribution in [2.75, 3.05) is 6.26 Å². The second-order valence-corrected chi connectivity index (χ2v) is 10.2. The lowest BCUT2D eigenvalue weighted by atomic mass is 9.99. The van der Waals surface area contributed by atoms with Gasteiger partial charge in [-0.2, -0.15) is 0 Å². The Morgan fingerprint density at radius 2 is 1.95 bits per heavy atom. The molecule has 3 nitrogen and oxygen atoms in total. The Hall–Kier alpha value is -0.980. The molecule has 0 aliphatic heterocycles. The van der Waals surface area contributed by atoms with Crippen LogP contribution in [0.4, 0.5) is 0 Å². The molecule has 22 heavy (non-hydrogen) atoms. The summed E-state index contributed by atoms with van der Waals surface area (Å²) >= 11 is 3.44. The monoisotopic (exact) mass is 356 g/mol. The van der Waals surface area contributed by atoms with Gasteiger partial charge in [0.05, 0.1) is 0 Å². The summed E-state index contributed by atoms with van der Waals surface area (Å²) in [6, 6.07) is 8.32. The largest absolute Gasteiger partial charge is 0.298 e. The molecule has 0 fully saturated rings. The Balaban J connectivity index is 2.00. The number of rotatable bonds is 7. The fourth-order valence-corrected chi connectivity index (χ4v) is 5.21. The highest BCUT2D eigenvalue weighted by molar-refractivity contribution is 7.92. The van der Waals surface area contributed by atoms with E-state index in [1.54, 1.807) is 22.7 Å². The maximum atomic E-state index is 11.9. The summed E-state index contributed by atoms with van der Waals surface area (Å²) in [6.45, 7) is 2.90. The molecule has 0 radical (unpaired) electrons. The highest BCUT2D eigenvalue weighted by Gasteiger charge is 2.39. The van der Waals surface area contributed by atoms with Crippen LogP contribution in [0.3, 0.4) is 0 Å². The Morgan fingerprint density at radius 1 is 1.23 bits per heavy atom. The maximum absolute atomic E-state index is 11.9. The molecule has 0 spiro atoms. The molecule has 6 heteroatoms. The van der Waals surface area contributed by atoms with E-state index < -0.39 is 14.6 Å². The smallest absolute Gasteiger partial charge is 0.159 e. The summed E-state index contributed by atoms with van der Waals surface area (Å²) in [4.78, 5) is 15.5. The zero-order chi connectivity index (χ0) is 16.4. The minimum absolute atomic E-state index is 0.277. The van der Waals surface area contributed by atoms with Gasteiger partial charge in [0.25, 0.3) is 0 Å². The van der Waals surface area contributed by atoms with Crippen molar-refractivity contribution < 1.29 is 13.2 Å². The number of sulfone groups is 1. The number of hydrogen-bond acceptors (Lipinski definition) is 5. The molecule has 1 unspecified atom stereocenters. The van der Waals surface area contributed by atoms with Crippen LogP contribution in [0.2, 0.25) is 0 Å². The fraction of sp³-hybridized carbons (Fsp3) is 0.438. The minimum Gasteiger partial charge on any atom is -0.298 e. The number of carbonyl (C=O) groups is 1. The molecule has 1 atom stereocenters. The number of Topliss-reactive ketones (excluding diaryl/α,β-unsaturated/α-hetero) is 1. The fourth-order valence-electron chi connectivity index (χ4n) is 2.29. The molecule has 0 saturated heterocycles. The van der Waals surface area contributed by atoms with E-state index >= 15 is 0 Å². The van der Waals surface area contributed by atoms with Crippen molar-refractivity contribution in [2.45, 2.75) is 37.9 Å². The minimum atomic E-state index is -3.39. The van der Waals surface area contributed by atoms with Crippen LogP contribution in [0.25, 0.3) is 9.75 Å². The van der Waals surface area contributed by atoms with Crippen molar-refractivity contribution in [1.82, 2.24) is 0 Å². The normalized spacial score (nSPS) is 14.7. The van der Waals surface area contributed by atoms with Gasteiger partial charge in [0.1, 0.15) is 4.75 Å². The van der Waals surface area contributed by atoms with Crippen molar-refractivity contribution in [2.24, 2.45) is 0 Å². The number of ketones is 1.